The highest BCUT2D eigenvalue weighted by atomic mass is 35.5. The molecule has 0 radical (unpaired) electrons. The zero-order valence-electron chi connectivity index (χ0n) is 7.21. The molecule has 0 aromatic heterocycles. The van der Waals surface area contributed by atoms with E-state index in [-0.39, 0.29) is 10.7 Å². The first-order chi connectivity index (χ1) is 6.71. The summed E-state index contributed by atoms with van der Waals surface area (Å²) in [5, 5.41) is 10.1. The Labute approximate surface area is 87.3 Å². The van der Waals surface area contributed by atoms with Crippen molar-refractivity contribution in [1.29, 1.82) is 0 Å². The van der Waals surface area contributed by atoms with Crippen molar-refractivity contribution in [2.24, 2.45) is 5.73 Å². The van der Waals surface area contributed by atoms with Crippen molar-refractivity contribution >= 4 is 11.6 Å². The molecule has 0 aromatic rings. The van der Waals surface area contributed by atoms with Gasteiger partial charge in [-0.2, -0.15) is 13.2 Å². The SMILES string of the molecule is NC1=C(Cl)CC([N+](=O)[O-])(C(F)(F)F)C=C1. The molecule has 0 heterocycles. The van der Waals surface area contributed by atoms with Crippen LogP contribution in [-0.2, 0) is 0 Å². The molecule has 1 atom stereocenters. The predicted octanol–water partition coefficient (Wildman–Crippen LogP) is 1.93. The van der Waals surface area contributed by atoms with E-state index in [0.717, 1.165) is 6.08 Å². The molecule has 0 bridgehead atoms. The number of alkyl halides is 3. The molecular formula is C7H6ClF3N2O2. The van der Waals surface area contributed by atoms with Crippen molar-refractivity contribution in [3.8, 4) is 0 Å². The average Bonchev–Trinajstić information content (AvgIpc) is 2.07. The minimum Gasteiger partial charge on any atom is -0.398 e. The van der Waals surface area contributed by atoms with Crippen LogP contribution in [0.4, 0.5) is 13.2 Å². The first kappa shape index (κ1) is 11.8. The highest BCUT2D eigenvalue weighted by Gasteiger charge is 2.65. The average molecular weight is 243 g/mol. The van der Waals surface area contributed by atoms with E-state index in [4.69, 9.17) is 17.3 Å². The second-order valence-corrected chi connectivity index (χ2v) is 3.51. The van der Waals surface area contributed by atoms with Gasteiger partial charge in [0, 0.05) is 21.7 Å². The number of nitrogens with two attached hydrogens (primary N) is 1. The molecule has 15 heavy (non-hydrogen) atoms. The Morgan fingerprint density at radius 1 is 1.60 bits per heavy atom. The van der Waals surface area contributed by atoms with E-state index in [2.05, 4.69) is 0 Å². The quantitative estimate of drug-likeness (QED) is 0.564. The van der Waals surface area contributed by atoms with Crippen LogP contribution in [-0.4, -0.2) is 16.6 Å². The maximum Gasteiger partial charge on any atom is 0.465 e. The summed E-state index contributed by atoms with van der Waals surface area (Å²) < 4.78 is 37.6. The minimum atomic E-state index is -5.01. The lowest BCUT2D eigenvalue weighted by Crippen LogP contribution is -2.51. The molecule has 1 unspecified atom stereocenters. The van der Waals surface area contributed by atoms with Crippen molar-refractivity contribution in [1.82, 2.24) is 0 Å². The topological polar surface area (TPSA) is 69.2 Å². The Morgan fingerprint density at radius 2 is 2.13 bits per heavy atom. The van der Waals surface area contributed by atoms with Gasteiger partial charge in [-0.15, -0.1) is 0 Å². The van der Waals surface area contributed by atoms with Gasteiger partial charge in [0.2, 0.25) is 0 Å². The smallest absolute Gasteiger partial charge is 0.398 e. The minimum absolute atomic E-state index is 0.0848. The second kappa shape index (κ2) is 3.41. The van der Waals surface area contributed by atoms with E-state index in [1.165, 1.54) is 0 Å². The maximum atomic E-state index is 12.5. The van der Waals surface area contributed by atoms with E-state index in [1.54, 1.807) is 0 Å². The van der Waals surface area contributed by atoms with Crippen LogP contribution >= 0.6 is 11.6 Å². The monoisotopic (exact) mass is 242 g/mol. The van der Waals surface area contributed by atoms with Crippen LogP contribution < -0.4 is 5.73 Å². The lowest BCUT2D eigenvalue weighted by atomic mass is 9.90. The van der Waals surface area contributed by atoms with Gasteiger partial charge in [-0.1, -0.05) is 11.6 Å². The molecule has 4 nitrogen and oxygen atoms in total. The van der Waals surface area contributed by atoms with Crippen LogP contribution in [0.1, 0.15) is 6.42 Å². The molecule has 0 aromatic carbocycles. The van der Waals surface area contributed by atoms with Gasteiger partial charge in [0.15, 0.2) is 0 Å². The largest absolute Gasteiger partial charge is 0.465 e. The van der Waals surface area contributed by atoms with Crippen molar-refractivity contribution < 1.29 is 18.1 Å². The molecule has 8 heteroatoms. The van der Waals surface area contributed by atoms with E-state index in [9.17, 15) is 23.3 Å². The van der Waals surface area contributed by atoms with Gasteiger partial charge in [-0.3, -0.25) is 10.1 Å². The zero-order valence-corrected chi connectivity index (χ0v) is 7.97. The van der Waals surface area contributed by atoms with Crippen molar-refractivity contribution in [2.45, 2.75) is 18.1 Å². The van der Waals surface area contributed by atoms with Crippen molar-refractivity contribution in [2.75, 3.05) is 0 Å². The fourth-order valence-corrected chi connectivity index (χ4v) is 1.41. The van der Waals surface area contributed by atoms with E-state index in [0.29, 0.717) is 6.08 Å². The molecule has 2 N–H and O–H groups in total. The lowest BCUT2D eigenvalue weighted by molar-refractivity contribution is -0.597. The van der Waals surface area contributed by atoms with E-state index < -0.39 is 23.1 Å². The third-order valence-electron chi connectivity index (χ3n) is 2.09. The number of nitro groups is 1. The van der Waals surface area contributed by atoms with Gasteiger partial charge in [0.1, 0.15) is 0 Å². The predicted molar refractivity (Wildman–Crippen MR) is 46.6 cm³/mol. The number of hydrogen-bond acceptors (Lipinski definition) is 3. The summed E-state index contributed by atoms with van der Waals surface area (Å²) in [4.78, 5) is 9.08. The number of nitrogens with zero attached hydrogens (tertiary/aromatic N) is 1. The van der Waals surface area contributed by atoms with E-state index in [1.807, 2.05) is 0 Å². The Morgan fingerprint density at radius 3 is 2.47 bits per heavy atom. The standard InChI is InChI=1S/C7H6ClF3N2O2/c8-4-3-6(13(14)15,7(9,10)11)2-1-5(4)12/h1-2H,3,12H2. The van der Waals surface area contributed by atoms with Gasteiger partial charge in [0.05, 0.1) is 6.42 Å². The Bertz CT molecular complexity index is 364. The van der Waals surface area contributed by atoms with Gasteiger partial charge in [-0.25, -0.2) is 0 Å². The fourth-order valence-electron chi connectivity index (χ4n) is 1.14. The normalized spacial score (nSPS) is 26.9. The number of hydrogen-bond donors (Lipinski definition) is 1. The van der Waals surface area contributed by atoms with Crippen molar-refractivity contribution in [3.63, 3.8) is 0 Å². The Balaban J connectivity index is 3.22. The van der Waals surface area contributed by atoms with Crippen LogP contribution in [0.15, 0.2) is 22.9 Å². The number of allylic oxidation sites excluding steroid dienone is 1. The van der Waals surface area contributed by atoms with Gasteiger partial charge >= 0.3 is 11.7 Å². The van der Waals surface area contributed by atoms with Crippen LogP contribution in [0.3, 0.4) is 0 Å². The van der Waals surface area contributed by atoms with Gasteiger partial charge in [-0.05, 0) is 6.08 Å². The molecule has 0 amide bonds. The first-order valence-electron chi connectivity index (χ1n) is 3.75. The summed E-state index contributed by atoms with van der Waals surface area (Å²) >= 11 is 5.40. The lowest BCUT2D eigenvalue weighted by Gasteiger charge is -2.26. The molecule has 84 valence electrons. The summed E-state index contributed by atoms with van der Waals surface area (Å²) in [5.41, 5.74) is 1.97. The fraction of sp³-hybridized carbons (Fsp3) is 0.429. The van der Waals surface area contributed by atoms with Gasteiger partial charge in [0.25, 0.3) is 0 Å². The van der Waals surface area contributed by atoms with Crippen LogP contribution in [0, 0.1) is 10.1 Å². The molecular weight excluding hydrogens is 237 g/mol. The first-order valence-corrected chi connectivity index (χ1v) is 4.13. The van der Waals surface area contributed by atoms with Crippen LogP contribution in [0.2, 0.25) is 0 Å². The number of rotatable bonds is 1. The highest BCUT2D eigenvalue weighted by Crippen LogP contribution is 2.42. The molecule has 1 aliphatic carbocycles. The number of halogens is 4. The molecule has 0 saturated carbocycles. The molecule has 0 aliphatic heterocycles. The van der Waals surface area contributed by atoms with Gasteiger partial charge < -0.3 is 5.73 Å². The molecule has 1 rings (SSSR count). The summed E-state index contributed by atoms with van der Waals surface area (Å²) in [5.74, 6) is 0. The Kier molecular flexibility index (Phi) is 2.69. The molecule has 1 aliphatic rings. The summed E-state index contributed by atoms with van der Waals surface area (Å²) in [6.07, 6.45) is -4.74. The molecule has 0 fully saturated rings. The van der Waals surface area contributed by atoms with E-state index >= 15 is 0 Å². The van der Waals surface area contributed by atoms with Crippen LogP contribution in [0.25, 0.3) is 0 Å². The third kappa shape index (κ3) is 1.79. The zero-order chi connectivity index (χ0) is 11.9. The maximum absolute atomic E-state index is 12.5. The summed E-state index contributed by atoms with van der Waals surface area (Å²) in [6.45, 7) is 0. The van der Waals surface area contributed by atoms with Crippen molar-refractivity contribution in [3.05, 3.63) is 33.0 Å². The highest BCUT2D eigenvalue weighted by molar-refractivity contribution is 6.30. The summed E-state index contributed by atoms with van der Waals surface area (Å²) in [6, 6.07) is 0. The molecule has 0 saturated heterocycles. The second-order valence-electron chi connectivity index (χ2n) is 3.05. The van der Waals surface area contributed by atoms with Crippen LogP contribution in [0.5, 0.6) is 0 Å². The Hall–Kier alpha value is -1.24. The third-order valence-corrected chi connectivity index (χ3v) is 2.45. The molecule has 0 spiro atoms. The summed E-state index contributed by atoms with van der Waals surface area (Å²) in [7, 11) is 0.